The first kappa shape index (κ1) is 32.9. The molecule has 2 aromatic rings. The number of hydrogen-bond donors (Lipinski definition) is 2. The van der Waals surface area contributed by atoms with E-state index >= 15 is 0 Å². The average Bonchev–Trinajstić information content (AvgIpc) is 2.86. The summed E-state index contributed by atoms with van der Waals surface area (Å²) >= 11 is 0. The van der Waals surface area contributed by atoms with Crippen LogP contribution in [-0.2, 0) is 20.7 Å². The topological polar surface area (TPSA) is 87.7 Å². The summed E-state index contributed by atoms with van der Waals surface area (Å²) < 4.78 is 5.50. The molecule has 2 N–H and O–H groups in total. The van der Waals surface area contributed by atoms with E-state index in [0.717, 1.165) is 17.5 Å². The molecule has 0 heterocycles. The van der Waals surface area contributed by atoms with Gasteiger partial charge in [-0.3, -0.25) is 9.59 Å². The Hall–Kier alpha value is -3.35. The summed E-state index contributed by atoms with van der Waals surface area (Å²) in [6, 6.07) is 13.6. The molecular formula is C33H49N3O4. The van der Waals surface area contributed by atoms with Crippen molar-refractivity contribution < 1.29 is 19.1 Å². The number of nitrogens with zero attached hydrogens (tertiary/aromatic N) is 1. The SMILES string of the molecule is CCc1ccc(C(C(=O)Nc2ccccc2C)N(C(=O)C(CC(C)C)NC(=O)OC(C)(C)C)C(C)(C)CC)cc1. The number of alkyl carbamates (subject to hydrolysis) is 1. The molecule has 0 aliphatic heterocycles. The molecule has 0 radical (unpaired) electrons. The van der Waals surface area contributed by atoms with Crippen molar-refractivity contribution in [2.45, 2.75) is 112 Å². The van der Waals surface area contributed by atoms with Gasteiger partial charge < -0.3 is 20.3 Å². The third kappa shape index (κ3) is 9.10. The Balaban J connectivity index is 2.65. The van der Waals surface area contributed by atoms with E-state index in [4.69, 9.17) is 4.74 Å². The lowest BCUT2D eigenvalue weighted by molar-refractivity contribution is -0.148. The first-order valence-corrected chi connectivity index (χ1v) is 14.4. The number of benzene rings is 2. The smallest absolute Gasteiger partial charge is 0.408 e. The van der Waals surface area contributed by atoms with Gasteiger partial charge in [-0.25, -0.2) is 4.79 Å². The largest absolute Gasteiger partial charge is 0.444 e. The van der Waals surface area contributed by atoms with E-state index in [1.807, 2.05) is 90.1 Å². The van der Waals surface area contributed by atoms with Crippen LogP contribution in [-0.4, -0.2) is 40.0 Å². The van der Waals surface area contributed by atoms with Gasteiger partial charge in [0.2, 0.25) is 5.91 Å². The maximum absolute atomic E-state index is 14.5. The van der Waals surface area contributed by atoms with Gasteiger partial charge in [-0.2, -0.15) is 0 Å². The molecular weight excluding hydrogens is 502 g/mol. The maximum Gasteiger partial charge on any atom is 0.408 e. The minimum atomic E-state index is -0.928. The molecule has 0 saturated carbocycles. The second-order valence-electron chi connectivity index (χ2n) is 12.5. The second kappa shape index (κ2) is 13.8. The Morgan fingerprint density at radius 1 is 0.925 bits per heavy atom. The molecule has 0 spiro atoms. The van der Waals surface area contributed by atoms with Crippen LogP contribution in [0.1, 0.15) is 97.9 Å². The van der Waals surface area contributed by atoms with Crippen molar-refractivity contribution in [3.63, 3.8) is 0 Å². The molecule has 40 heavy (non-hydrogen) atoms. The number of carbonyl (C=O) groups is 3. The highest BCUT2D eigenvalue weighted by Crippen LogP contribution is 2.34. The highest BCUT2D eigenvalue weighted by Gasteiger charge is 2.43. The third-order valence-corrected chi connectivity index (χ3v) is 7.06. The van der Waals surface area contributed by atoms with Crippen molar-refractivity contribution in [3.05, 3.63) is 65.2 Å². The summed E-state index contributed by atoms with van der Waals surface area (Å²) in [7, 11) is 0. The van der Waals surface area contributed by atoms with E-state index in [0.29, 0.717) is 24.1 Å². The van der Waals surface area contributed by atoms with E-state index in [2.05, 4.69) is 17.6 Å². The summed E-state index contributed by atoms with van der Waals surface area (Å²) in [4.78, 5) is 43.2. The van der Waals surface area contributed by atoms with Gasteiger partial charge in [-0.05, 0) is 89.5 Å². The molecule has 0 aliphatic rings. The zero-order valence-electron chi connectivity index (χ0n) is 26.1. The lowest BCUT2D eigenvalue weighted by Gasteiger charge is -2.45. The Labute approximate surface area is 241 Å². The van der Waals surface area contributed by atoms with Gasteiger partial charge in [0.05, 0.1) is 0 Å². The molecule has 0 fully saturated rings. The lowest BCUT2D eigenvalue weighted by atomic mass is 9.90. The number of carbonyl (C=O) groups excluding carboxylic acids is 3. The van der Waals surface area contributed by atoms with Crippen LogP contribution < -0.4 is 10.6 Å². The summed E-state index contributed by atoms with van der Waals surface area (Å²) in [5.41, 5.74) is 2.04. The van der Waals surface area contributed by atoms with Crippen molar-refractivity contribution in [2.75, 3.05) is 5.32 Å². The lowest BCUT2D eigenvalue weighted by Crippen LogP contribution is -2.59. The van der Waals surface area contributed by atoms with Crippen LogP contribution in [0.3, 0.4) is 0 Å². The number of aryl methyl sites for hydroxylation is 2. The molecule has 7 heteroatoms. The van der Waals surface area contributed by atoms with Crippen LogP contribution >= 0.6 is 0 Å². The van der Waals surface area contributed by atoms with Gasteiger partial charge in [0.25, 0.3) is 5.91 Å². The van der Waals surface area contributed by atoms with Gasteiger partial charge in [0.15, 0.2) is 0 Å². The van der Waals surface area contributed by atoms with E-state index in [1.54, 1.807) is 25.7 Å². The van der Waals surface area contributed by atoms with Gasteiger partial charge in [-0.1, -0.05) is 70.2 Å². The third-order valence-electron chi connectivity index (χ3n) is 7.06. The first-order valence-electron chi connectivity index (χ1n) is 14.4. The van der Waals surface area contributed by atoms with Gasteiger partial charge in [-0.15, -0.1) is 0 Å². The van der Waals surface area contributed by atoms with Gasteiger partial charge in [0.1, 0.15) is 17.7 Å². The van der Waals surface area contributed by atoms with Crippen LogP contribution in [0, 0.1) is 12.8 Å². The standard InChI is InChI=1S/C33H49N3O4/c1-11-24-17-19-25(20-18-24)28(29(37)34-26-16-14-13-15-23(26)5)36(33(9,10)12-2)30(38)27(21-22(3)4)35-31(39)40-32(6,7)8/h13-20,22,27-28H,11-12,21H2,1-10H3,(H,34,37)(H,35,39). The zero-order chi connectivity index (χ0) is 30.3. The van der Waals surface area contributed by atoms with Crippen molar-refractivity contribution in [3.8, 4) is 0 Å². The Morgan fingerprint density at radius 2 is 1.52 bits per heavy atom. The molecule has 2 rings (SSSR count). The normalized spacial score (nSPS) is 13.4. The van der Waals surface area contributed by atoms with Gasteiger partial charge in [0, 0.05) is 11.2 Å². The Morgan fingerprint density at radius 3 is 2.02 bits per heavy atom. The van der Waals surface area contributed by atoms with Crippen molar-refractivity contribution in [1.82, 2.24) is 10.2 Å². The van der Waals surface area contributed by atoms with Crippen molar-refractivity contribution >= 4 is 23.6 Å². The average molecular weight is 552 g/mol. The highest BCUT2D eigenvalue weighted by atomic mass is 16.6. The van der Waals surface area contributed by atoms with Crippen LogP contribution in [0.15, 0.2) is 48.5 Å². The minimum Gasteiger partial charge on any atom is -0.444 e. The molecule has 2 atom stereocenters. The second-order valence-corrected chi connectivity index (χ2v) is 12.5. The molecule has 0 aromatic heterocycles. The molecule has 7 nitrogen and oxygen atoms in total. The summed E-state index contributed by atoms with van der Waals surface area (Å²) in [5, 5.41) is 5.90. The molecule has 2 aromatic carbocycles. The van der Waals surface area contributed by atoms with E-state index < -0.39 is 29.3 Å². The fourth-order valence-corrected chi connectivity index (χ4v) is 4.52. The Kier molecular flexibility index (Phi) is 11.4. The summed E-state index contributed by atoms with van der Waals surface area (Å²) in [6.45, 7) is 19.3. The number of nitrogens with one attached hydrogen (secondary N) is 2. The molecule has 220 valence electrons. The fourth-order valence-electron chi connectivity index (χ4n) is 4.52. The fraction of sp³-hybridized carbons (Fsp3) is 0.545. The van der Waals surface area contributed by atoms with E-state index in [9.17, 15) is 14.4 Å². The number of ether oxygens (including phenoxy) is 1. The summed E-state index contributed by atoms with van der Waals surface area (Å²) in [5.74, 6) is -0.525. The predicted molar refractivity (Wildman–Crippen MR) is 162 cm³/mol. The number of amides is 3. The summed E-state index contributed by atoms with van der Waals surface area (Å²) in [6.07, 6.45) is 1.20. The minimum absolute atomic E-state index is 0.110. The monoisotopic (exact) mass is 551 g/mol. The van der Waals surface area contributed by atoms with Crippen LogP contribution in [0.2, 0.25) is 0 Å². The molecule has 3 amide bonds. The van der Waals surface area contributed by atoms with Gasteiger partial charge >= 0.3 is 6.09 Å². The predicted octanol–water partition coefficient (Wildman–Crippen LogP) is 7.19. The number of anilines is 1. The van der Waals surface area contributed by atoms with Crippen molar-refractivity contribution in [1.29, 1.82) is 0 Å². The van der Waals surface area contributed by atoms with Crippen LogP contribution in [0.5, 0.6) is 0 Å². The van der Waals surface area contributed by atoms with Crippen molar-refractivity contribution in [2.24, 2.45) is 5.92 Å². The van der Waals surface area contributed by atoms with Crippen LogP contribution in [0.4, 0.5) is 10.5 Å². The van der Waals surface area contributed by atoms with E-state index in [-0.39, 0.29) is 17.7 Å². The van der Waals surface area contributed by atoms with E-state index in [1.165, 1.54) is 0 Å². The molecule has 0 saturated heterocycles. The molecule has 2 unspecified atom stereocenters. The highest BCUT2D eigenvalue weighted by molar-refractivity contribution is 5.99. The molecule has 0 aliphatic carbocycles. The quantitative estimate of drug-likeness (QED) is 0.309. The Bertz CT molecular complexity index is 1150. The zero-order valence-corrected chi connectivity index (χ0v) is 26.1. The maximum atomic E-state index is 14.5. The van der Waals surface area contributed by atoms with Crippen LogP contribution in [0.25, 0.3) is 0 Å². The number of para-hydroxylation sites is 1. The number of hydrogen-bond acceptors (Lipinski definition) is 4. The molecule has 0 bridgehead atoms. The number of rotatable bonds is 11. The first-order chi connectivity index (χ1) is 18.6.